The highest BCUT2D eigenvalue weighted by molar-refractivity contribution is 5.92. The monoisotopic (exact) mass is 588 g/mol. The molecule has 1 spiro atoms. The molecule has 1 aromatic carbocycles. The average molecular weight is 589 g/mol. The summed E-state index contributed by atoms with van der Waals surface area (Å²) in [5.41, 5.74) is 4.75. The molecule has 1 aliphatic heterocycles. The number of ether oxygens (including phenoxy) is 1. The standard InChI is InChI=1S/C34H38F2N4O3/c35-31(36)34-19-33(20-34,21-34)27-16-32(6-1-7-32)8-4-23(27)18-39-10-12-40(13-11-39)24-2-3-26(30(41)42)28(15-24)43-25-14-22-5-9-37-29(22)38-17-25/h2-3,5,9,14-15,17,31H,1,4,6-8,10-13,16,18-21H2,(H,37,38)(H,41,42). The number of carboxylic acid groups (broad SMARTS) is 1. The number of pyridine rings is 1. The van der Waals surface area contributed by atoms with E-state index in [1.54, 1.807) is 29.6 Å². The quantitative estimate of drug-likeness (QED) is 0.270. The van der Waals surface area contributed by atoms with Gasteiger partial charge < -0.3 is 19.7 Å². The minimum absolute atomic E-state index is 0.0695. The lowest BCUT2D eigenvalue weighted by Crippen LogP contribution is -2.66. The van der Waals surface area contributed by atoms with Crippen molar-refractivity contribution < 1.29 is 23.4 Å². The van der Waals surface area contributed by atoms with Gasteiger partial charge in [-0.05, 0) is 86.5 Å². The first kappa shape index (κ1) is 27.1. The van der Waals surface area contributed by atoms with Crippen molar-refractivity contribution in [1.29, 1.82) is 0 Å². The third-order valence-electron chi connectivity index (χ3n) is 11.5. The molecule has 1 saturated heterocycles. The van der Waals surface area contributed by atoms with Crippen molar-refractivity contribution >= 4 is 22.7 Å². The maximum absolute atomic E-state index is 13.7. The lowest BCUT2D eigenvalue weighted by molar-refractivity contribution is -0.250. The summed E-state index contributed by atoms with van der Waals surface area (Å²) in [6, 6.07) is 9.04. The zero-order chi connectivity index (χ0) is 29.4. The lowest BCUT2D eigenvalue weighted by Gasteiger charge is -2.72. The van der Waals surface area contributed by atoms with Gasteiger partial charge in [0, 0.05) is 61.5 Å². The molecule has 2 aromatic heterocycles. The van der Waals surface area contributed by atoms with Crippen molar-refractivity contribution in [1.82, 2.24) is 14.9 Å². The normalized spacial score (nSPS) is 28.1. The van der Waals surface area contributed by atoms with Gasteiger partial charge in [0.1, 0.15) is 22.7 Å². The number of hydrogen-bond donors (Lipinski definition) is 2. The second-order valence-corrected chi connectivity index (χ2v) is 14.0. The number of aromatic nitrogens is 2. The molecule has 3 aromatic rings. The number of H-pyrrole nitrogens is 1. The van der Waals surface area contributed by atoms with E-state index in [1.165, 1.54) is 25.7 Å². The summed E-state index contributed by atoms with van der Waals surface area (Å²) < 4.78 is 33.4. The smallest absolute Gasteiger partial charge is 0.339 e. The third kappa shape index (κ3) is 4.45. The van der Waals surface area contributed by atoms with Crippen LogP contribution in [0.25, 0.3) is 11.0 Å². The molecule has 4 saturated carbocycles. The number of aromatic amines is 1. The molecule has 5 aliphatic carbocycles. The fourth-order valence-corrected chi connectivity index (χ4v) is 8.92. The number of aromatic carboxylic acids is 1. The van der Waals surface area contributed by atoms with Crippen LogP contribution in [0.5, 0.6) is 11.5 Å². The molecule has 3 heterocycles. The van der Waals surface area contributed by atoms with E-state index in [9.17, 15) is 18.7 Å². The molecular formula is C34H38F2N4O3. The van der Waals surface area contributed by atoms with E-state index >= 15 is 0 Å². The molecule has 7 nitrogen and oxygen atoms in total. The molecule has 43 heavy (non-hydrogen) atoms. The Balaban J connectivity index is 0.964. The predicted octanol–water partition coefficient (Wildman–Crippen LogP) is 7.26. The summed E-state index contributed by atoms with van der Waals surface area (Å²) in [5, 5.41) is 10.7. The van der Waals surface area contributed by atoms with Gasteiger partial charge >= 0.3 is 5.97 Å². The summed E-state index contributed by atoms with van der Waals surface area (Å²) in [7, 11) is 0. The molecule has 0 radical (unpaired) electrons. The number of halogens is 2. The zero-order valence-electron chi connectivity index (χ0n) is 24.4. The SMILES string of the molecule is O=C(O)c1ccc(N2CCN(CC3=C(C45CC(C(F)F)(C4)C5)CC4(CCC4)CC3)CC2)cc1Oc1cnc2[nH]ccc2c1. The number of piperazine rings is 1. The molecule has 5 fully saturated rings. The van der Waals surface area contributed by atoms with E-state index < -0.39 is 17.8 Å². The van der Waals surface area contributed by atoms with Crippen LogP contribution >= 0.6 is 0 Å². The van der Waals surface area contributed by atoms with Crippen LogP contribution in [0.1, 0.15) is 68.1 Å². The number of nitrogens with zero attached hydrogens (tertiary/aromatic N) is 3. The number of hydrogen-bond acceptors (Lipinski definition) is 5. The number of carbonyl (C=O) groups is 1. The third-order valence-corrected chi connectivity index (χ3v) is 11.5. The Bertz CT molecular complexity index is 1600. The molecule has 226 valence electrons. The number of rotatable bonds is 8. The highest BCUT2D eigenvalue weighted by Crippen LogP contribution is 2.80. The second-order valence-electron chi connectivity index (χ2n) is 14.0. The number of carboxylic acids is 1. The largest absolute Gasteiger partial charge is 0.478 e. The van der Waals surface area contributed by atoms with Crippen molar-refractivity contribution in [2.24, 2.45) is 16.2 Å². The van der Waals surface area contributed by atoms with Crippen LogP contribution in [0.2, 0.25) is 0 Å². The summed E-state index contributed by atoms with van der Waals surface area (Å²) in [4.78, 5) is 24.2. The van der Waals surface area contributed by atoms with Gasteiger partial charge in [-0.25, -0.2) is 18.6 Å². The minimum atomic E-state index is -2.18. The van der Waals surface area contributed by atoms with Gasteiger partial charge in [0.2, 0.25) is 6.43 Å². The fraction of sp³-hybridized carbons (Fsp3) is 0.529. The van der Waals surface area contributed by atoms with Crippen molar-refractivity contribution in [2.45, 2.75) is 64.2 Å². The Kier molecular flexibility index (Phi) is 6.16. The molecule has 0 unspecified atom stereocenters. The number of benzene rings is 1. The van der Waals surface area contributed by atoms with Gasteiger partial charge in [-0.3, -0.25) is 4.90 Å². The fourth-order valence-electron chi connectivity index (χ4n) is 8.92. The van der Waals surface area contributed by atoms with Crippen LogP contribution in [0, 0.1) is 16.2 Å². The molecule has 9 heteroatoms. The van der Waals surface area contributed by atoms with Gasteiger partial charge in [0.05, 0.1) is 6.20 Å². The zero-order valence-corrected chi connectivity index (χ0v) is 24.4. The van der Waals surface area contributed by atoms with Crippen molar-refractivity contribution in [3.8, 4) is 11.5 Å². The van der Waals surface area contributed by atoms with Gasteiger partial charge in [-0.15, -0.1) is 0 Å². The first-order chi connectivity index (χ1) is 20.8. The molecule has 2 N–H and O–H groups in total. The molecule has 6 aliphatic rings. The first-order valence-electron chi connectivity index (χ1n) is 15.7. The first-order valence-corrected chi connectivity index (χ1v) is 15.7. The van der Waals surface area contributed by atoms with E-state index in [2.05, 4.69) is 19.8 Å². The highest BCUT2D eigenvalue weighted by Gasteiger charge is 2.73. The van der Waals surface area contributed by atoms with Crippen LogP contribution in [-0.2, 0) is 0 Å². The Labute approximate surface area is 249 Å². The summed E-state index contributed by atoms with van der Waals surface area (Å²) in [6.45, 7) is 4.41. The number of allylic oxidation sites excluding steroid dienone is 1. The number of nitrogens with one attached hydrogen (secondary N) is 1. The van der Waals surface area contributed by atoms with E-state index in [-0.39, 0.29) is 11.0 Å². The summed E-state index contributed by atoms with van der Waals surface area (Å²) in [6.07, 6.45) is 10.8. The molecule has 0 atom stereocenters. The van der Waals surface area contributed by atoms with Crippen LogP contribution in [0.3, 0.4) is 0 Å². The number of fused-ring (bicyclic) bond motifs is 1. The van der Waals surface area contributed by atoms with Crippen molar-refractivity contribution in [2.75, 3.05) is 37.6 Å². The van der Waals surface area contributed by atoms with Gasteiger partial charge in [-0.1, -0.05) is 17.6 Å². The van der Waals surface area contributed by atoms with E-state index in [4.69, 9.17) is 4.74 Å². The minimum Gasteiger partial charge on any atom is -0.478 e. The van der Waals surface area contributed by atoms with E-state index in [1.807, 2.05) is 24.3 Å². The van der Waals surface area contributed by atoms with Crippen molar-refractivity contribution in [3.63, 3.8) is 0 Å². The Morgan fingerprint density at radius 3 is 2.56 bits per heavy atom. The van der Waals surface area contributed by atoms with Crippen molar-refractivity contribution in [3.05, 3.63) is 59.4 Å². The van der Waals surface area contributed by atoms with Crippen LogP contribution in [0.4, 0.5) is 14.5 Å². The highest BCUT2D eigenvalue weighted by atomic mass is 19.3. The summed E-state index contributed by atoms with van der Waals surface area (Å²) >= 11 is 0. The maximum Gasteiger partial charge on any atom is 0.339 e. The maximum atomic E-state index is 13.7. The molecule has 2 bridgehead atoms. The van der Waals surface area contributed by atoms with Crippen LogP contribution < -0.4 is 9.64 Å². The number of alkyl halides is 2. The topological polar surface area (TPSA) is 81.7 Å². The number of anilines is 1. The van der Waals surface area contributed by atoms with E-state index in [0.29, 0.717) is 36.2 Å². The Hall–Kier alpha value is -3.46. The predicted molar refractivity (Wildman–Crippen MR) is 160 cm³/mol. The van der Waals surface area contributed by atoms with Crippen LogP contribution in [0.15, 0.2) is 53.9 Å². The molecular weight excluding hydrogens is 550 g/mol. The molecule has 9 rings (SSSR count). The van der Waals surface area contributed by atoms with Crippen LogP contribution in [-0.4, -0.2) is 65.1 Å². The Morgan fingerprint density at radius 2 is 1.86 bits per heavy atom. The van der Waals surface area contributed by atoms with Gasteiger partial charge in [0.25, 0.3) is 0 Å². The second kappa shape index (κ2) is 9.78. The molecule has 0 amide bonds. The van der Waals surface area contributed by atoms with Gasteiger partial charge in [0.15, 0.2) is 0 Å². The summed E-state index contributed by atoms with van der Waals surface area (Å²) in [5.74, 6) is -0.253. The van der Waals surface area contributed by atoms with E-state index in [0.717, 1.165) is 62.3 Å². The Morgan fingerprint density at radius 1 is 1.07 bits per heavy atom. The lowest BCUT2D eigenvalue weighted by atomic mass is 9.31. The van der Waals surface area contributed by atoms with Gasteiger partial charge in [-0.2, -0.15) is 0 Å². The average Bonchev–Trinajstić information content (AvgIpc) is 3.40.